The van der Waals surface area contributed by atoms with Gasteiger partial charge in [0.25, 0.3) is 0 Å². The van der Waals surface area contributed by atoms with Crippen molar-refractivity contribution in [3.8, 4) is 0 Å². The number of aromatic nitrogens is 2. The van der Waals surface area contributed by atoms with Crippen LogP contribution in [-0.4, -0.2) is 52.1 Å². The molecule has 17 heavy (non-hydrogen) atoms. The van der Waals surface area contributed by atoms with Crippen molar-refractivity contribution in [3.05, 3.63) is 11.6 Å². The number of nitrogens with zero attached hydrogens (tertiary/aromatic N) is 3. The lowest BCUT2D eigenvalue weighted by Gasteiger charge is -2.27. The minimum absolute atomic E-state index is 0.247. The molecular weight excluding hydrogens is 258 g/mol. The van der Waals surface area contributed by atoms with E-state index in [1.807, 2.05) is 22.9 Å². The molecule has 0 aliphatic carbocycles. The maximum atomic E-state index is 11.2. The molecule has 0 atom stereocenters. The fourth-order valence-corrected chi connectivity index (χ4v) is 2.89. The SMILES string of the molecule is CSc1cc(C(=O)O)c(N2CCSCC2)nn1. The number of rotatable bonds is 3. The van der Waals surface area contributed by atoms with E-state index in [0.717, 1.165) is 24.6 Å². The summed E-state index contributed by atoms with van der Waals surface area (Å²) < 4.78 is 0. The zero-order chi connectivity index (χ0) is 12.3. The van der Waals surface area contributed by atoms with Crippen LogP contribution in [0.5, 0.6) is 0 Å². The van der Waals surface area contributed by atoms with Crippen LogP contribution in [0.15, 0.2) is 11.1 Å². The summed E-state index contributed by atoms with van der Waals surface area (Å²) in [5, 5.41) is 17.9. The van der Waals surface area contributed by atoms with Crippen LogP contribution in [0.2, 0.25) is 0 Å². The van der Waals surface area contributed by atoms with Gasteiger partial charge in [-0.2, -0.15) is 11.8 Å². The van der Waals surface area contributed by atoms with Crippen molar-refractivity contribution in [2.24, 2.45) is 0 Å². The van der Waals surface area contributed by atoms with Crippen LogP contribution in [0.3, 0.4) is 0 Å². The van der Waals surface area contributed by atoms with E-state index in [9.17, 15) is 9.90 Å². The number of hydrogen-bond acceptors (Lipinski definition) is 6. The Bertz CT molecular complexity index is 422. The Morgan fingerprint density at radius 1 is 1.47 bits per heavy atom. The molecule has 1 saturated heterocycles. The van der Waals surface area contributed by atoms with Crippen LogP contribution >= 0.6 is 23.5 Å². The van der Waals surface area contributed by atoms with E-state index in [1.165, 1.54) is 11.8 Å². The normalized spacial score (nSPS) is 15.9. The third kappa shape index (κ3) is 2.84. The van der Waals surface area contributed by atoms with Crippen molar-refractivity contribution in [3.63, 3.8) is 0 Å². The van der Waals surface area contributed by atoms with Crippen molar-refractivity contribution in [1.82, 2.24) is 10.2 Å². The minimum atomic E-state index is -0.941. The summed E-state index contributed by atoms with van der Waals surface area (Å²) in [7, 11) is 0. The van der Waals surface area contributed by atoms with E-state index in [-0.39, 0.29) is 5.56 Å². The van der Waals surface area contributed by atoms with Gasteiger partial charge in [-0.15, -0.1) is 22.0 Å². The largest absolute Gasteiger partial charge is 0.478 e. The molecule has 1 aromatic heterocycles. The molecule has 0 amide bonds. The number of carboxylic acids is 1. The number of carbonyl (C=O) groups is 1. The molecule has 0 bridgehead atoms. The molecule has 1 N–H and O–H groups in total. The average molecular weight is 271 g/mol. The number of anilines is 1. The lowest BCUT2D eigenvalue weighted by Crippen LogP contribution is -2.34. The predicted molar refractivity (Wildman–Crippen MR) is 70.3 cm³/mol. The minimum Gasteiger partial charge on any atom is -0.478 e. The second kappa shape index (κ2) is 5.59. The monoisotopic (exact) mass is 271 g/mol. The van der Waals surface area contributed by atoms with Crippen LogP contribution in [0.4, 0.5) is 5.82 Å². The first-order valence-corrected chi connectivity index (χ1v) is 7.58. The van der Waals surface area contributed by atoms with Gasteiger partial charge in [0.05, 0.1) is 0 Å². The van der Waals surface area contributed by atoms with Gasteiger partial charge in [0, 0.05) is 24.6 Å². The highest BCUT2D eigenvalue weighted by atomic mass is 32.2. The van der Waals surface area contributed by atoms with Crippen LogP contribution in [0.1, 0.15) is 10.4 Å². The summed E-state index contributed by atoms with van der Waals surface area (Å²) in [5.74, 6) is 1.56. The number of aromatic carboxylic acids is 1. The Balaban J connectivity index is 2.34. The van der Waals surface area contributed by atoms with Crippen LogP contribution in [-0.2, 0) is 0 Å². The predicted octanol–water partition coefficient (Wildman–Crippen LogP) is 1.45. The van der Waals surface area contributed by atoms with Crippen molar-refractivity contribution < 1.29 is 9.90 Å². The van der Waals surface area contributed by atoms with Crippen molar-refractivity contribution in [2.75, 3.05) is 35.8 Å². The lowest BCUT2D eigenvalue weighted by atomic mass is 10.2. The quantitative estimate of drug-likeness (QED) is 0.835. The van der Waals surface area contributed by atoms with Gasteiger partial charge in [0.2, 0.25) is 0 Å². The van der Waals surface area contributed by atoms with Crippen molar-refractivity contribution >= 4 is 35.3 Å². The Morgan fingerprint density at radius 2 is 2.18 bits per heavy atom. The zero-order valence-electron chi connectivity index (χ0n) is 9.42. The highest BCUT2D eigenvalue weighted by molar-refractivity contribution is 7.99. The maximum Gasteiger partial charge on any atom is 0.339 e. The van der Waals surface area contributed by atoms with Gasteiger partial charge in [-0.3, -0.25) is 0 Å². The molecule has 2 heterocycles. The first-order chi connectivity index (χ1) is 8.22. The van der Waals surface area contributed by atoms with Crippen molar-refractivity contribution in [1.29, 1.82) is 0 Å². The molecule has 1 aliphatic heterocycles. The molecule has 0 radical (unpaired) electrons. The topological polar surface area (TPSA) is 66.3 Å². The van der Waals surface area contributed by atoms with E-state index in [0.29, 0.717) is 10.8 Å². The Kier molecular flexibility index (Phi) is 4.11. The smallest absolute Gasteiger partial charge is 0.339 e. The first kappa shape index (κ1) is 12.5. The van der Waals surface area contributed by atoms with Gasteiger partial charge in [-0.1, -0.05) is 0 Å². The Labute approximate surface area is 108 Å². The molecule has 0 spiro atoms. The number of thioether (sulfide) groups is 2. The number of carboxylic acid groups (broad SMARTS) is 1. The van der Waals surface area contributed by atoms with E-state index >= 15 is 0 Å². The van der Waals surface area contributed by atoms with Crippen molar-refractivity contribution in [2.45, 2.75) is 5.03 Å². The lowest BCUT2D eigenvalue weighted by molar-refractivity contribution is 0.0696. The molecular formula is C10H13N3O2S2. The van der Waals surface area contributed by atoms with E-state index in [4.69, 9.17) is 0 Å². The van der Waals surface area contributed by atoms with Gasteiger partial charge >= 0.3 is 5.97 Å². The fourth-order valence-electron chi connectivity index (χ4n) is 1.63. The van der Waals surface area contributed by atoms with E-state index < -0.39 is 5.97 Å². The third-order valence-corrected chi connectivity index (χ3v) is 4.06. The summed E-state index contributed by atoms with van der Waals surface area (Å²) >= 11 is 3.27. The highest BCUT2D eigenvalue weighted by Crippen LogP contribution is 2.23. The average Bonchev–Trinajstić information content (AvgIpc) is 2.39. The Hall–Kier alpha value is -0.950. The van der Waals surface area contributed by atoms with E-state index in [2.05, 4.69) is 10.2 Å². The molecule has 92 valence electrons. The van der Waals surface area contributed by atoms with Crippen LogP contribution in [0.25, 0.3) is 0 Å². The van der Waals surface area contributed by atoms with Gasteiger partial charge < -0.3 is 10.0 Å². The molecule has 5 nitrogen and oxygen atoms in total. The molecule has 1 aromatic rings. The molecule has 7 heteroatoms. The second-order valence-electron chi connectivity index (χ2n) is 3.53. The summed E-state index contributed by atoms with van der Waals surface area (Å²) in [6.45, 7) is 1.66. The maximum absolute atomic E-state index is 11.2. The zero-order valence-corrected chi connectivity index (χ0v) is 11.1. The Morgan fingerprint density at radius 3 is 2.76 bits per heavy atom. The van der Waals surface area contributed by atoms with Gasteiger partial charge in [-0.05, 0) is 12.3 Å². The fraction of sp³-hybridized carbons (Fsp3) is 0.500. The summed E-state index contributed by atoms with van der Waals surface area (Å²) in [6.07, 6.45) is 1.85. The van der Waals surface area contributed by atoms with Gasteiger partial charge in [-0.25, -0.2) is 4.79 Å². The second-order valence-corrected chi connectivity index (χ2v) is 5.58. The summed E-state index contributed by atoms with van der Waals surface area (Å²) in [4.78, 5) is 13.2. The van der Waals surface area contributed by atoms with Gasteiger partial charge in [0.1, 0.15) is 10.6 Å². The first-order valence-electron chi connectivity index (χ1n) is 5.20. The molecule has 1 fully saturated rings. The molecule has 0 aromatic carbocycles. The van der Waals surface area contributed by atoms with Crippen LogP contribution < -0.4 is 4.90 Å². The molecule has 0 saturated carbocycles. The van der Waals surface area contributed by atoms with E-state index in [1.54, 1.807) is 6.07 Å². The molecule has 2 rings (SSSR count). The molecule has 0 unspecified atom stereocenters. The highest BCUT2D eigenvalue weighted by Gasteiger charge is 2.21. The van der Waals surface area contributed by atoms with Gasteiger partial charge in [0.15, 0.2) is 5.82 Å². The number of hydrogen-bond donors (Lipinski definition) is 1. The van der Waals surface area contributed by atoms with Crippen LogP contribution in [0, 0.1) is 0 Å². The third-order valence-electron chi connectivity index (χ3n) is 2.50. The standard InChI is InChI=1S/C10H13N3O2S2/c1-16-8-6-7(10(14)15)9(12-11-8)13-2-4-17-5-3-13/h6H,2-5H2,1H3,(H,14,15). The molecule has 1 aliphatic rings. The summed E-state index contributed by atoms with van der Waals surface area (Å²) in [5.41, 5.74) is 0.247. The summed E-state index contributed by atoms with van der Waals surface area (Å²) in [6, 6.07) is 1.59.